The first kappa shape index (κ1) is 22.9. The molecule has 2 aromatic carbocycles. The van der Waals surface area contributed by atoms with Crippen molar-refractivity contribution in [3.05, 3.63) is 59.8 Å². The maximum Gasteiger partial charge on any atom is 0.213 e. The molecule has 0 unspecified atom stereocenters. The van der Waals surface area contributed by atoms with Crippen LogP contribution >= 0.6 is 11.6 Å². The summed E-state index contributed by atoms with van der Waals surface area (Å²) in [6.45, 7) is 4.38. The second-order valence-electron chi connectivity index (χ2n) is 8.68. The smallest absolute Gasteiger partial charge is 0.213 e. The van der Waals surface area contributed by atoms with E-state index >= 15 is 0 Å². The molecule has 1 aliphatic heterocycles. The molecule has 4 heterocycles. The molecule has 36 heavy (non-hydrogen) atoms. The van der Waals surface area contributed by atoms with Crippen molar-refractivity contribution in [1.29, 1.82) is 0 Å². The fourth-order valence-corrected chi connectivity index (χ4v) is 5.62. The topological polar surface area (TPSA) is 119 Å². The quantitative estimate of drug-likeness (QED) is 0.352. The highest BCUT2D eigenvalue weighted by molar-refractivity contribution is 7.89. The number of sulfonamides is 1. The van der Waals surface area contributed by atoms with Gasteiger partial charge in [-0.25, -0.2) is 18.4 Å². The first-order chi connectivity index (χ1) is 17.3. The summed E-state index contributed by atoms with van der Waals surface area (Å²) in [5, 5.41) is 4.78. The minimum absolute atomic E-state index is 0.00641. The van der Waals surface area contributed by atoms with Crippen LogP contribution in [0.2, 0.25) is 5.02 Å². The van der Waals surface area contributed by atoms with Gasteiger partial charge in [0.2, 0.25) is 10.0 Å². The summed E-state index contributed by atoms with van der Waals surface area (Å²) in [6.07, 6.45) is 5.22. The van der Waals surface area contributed by atoms with Gasteiger partial charge in [-0.1, -0.05) is 11.6 Å². The number of H-pyrrole nitrogens is 1. The van der Waals surface area contributed by atoms with Crippen molar-refractivity contribution in [2.75, 3.05) is 18.8 Å². The summed E-state index contributed by atoms with van der Waals surface area (Å²) in [7, 11) is -3.18. The second-order valence-corrected chi connectivity index (χ2v) is 11.3. The number of nitrogens with zero attached hydrogens (tertiary/aromatic N) is 6. The van der Waals surface area contributed by atoms with Crippen molar-refractivity contribution in [1.82, 2.24) is 34.0 Å². The Bertz CT molecular complexity index is 1720. The predicted molar refractivity (Wildman–Crippen MR) is 137 cm³/mol. The van der Waals surface area contributed by atoms with Crippen LogP contribution in [-0.2, 0) is 10.0 Å². The summed E-state index contributed by atoms with van der Waals surface area (Å²) in [4.78, 5) is 16.9. The van der Waals surface area contributed by atoms with Gasteiger partial charge in [-0.3, -0.25) is 9.67 Å². The zero-order valence-electron chi connectivity index (χ0n) is 19.5. The lowest BCUT2D eigenvalue weighted by atomic mass is 10.2. The number of hydrogen-bond donors (Lipinski definition) is 1. The van der Waals surface area contributed by atoms with Gasteiger partial charge in [-0.05, 0) is 38.1 Å². The average Bonchev–Trinajstić information content (AvgIpc) is 3.45. The molecule has 1 aliphatic rings. The maximum absolute atomic E-state index is 12.0. The number of imidazole rings is 1. The molecular weight excluding hydrogens is 502 g/mol. The zero-order chi connectivity index (χ0) is 25.0. The minimum Gasteiger partial charge on any atom is -0.456 e. The normalized spacial score (nSPS) is 15.0. The molecule has 0 amide bonds. The monoisotopic (exact) mass is 523 g/mol. The SMILES string of the molecule is CCS(=O)(=O)N1CC(n2cc(-c3cnc4ccc(Oc5ccc6nc(C)[nH]c6c5)c(Cl)c4n3)cn2)C1. The molecule has 12 heteroatoms. The third-order valence-corrected chi connectivity index (χ3v) is 8.46. The predicted octanol–water partition coefficient (Wildman–Crippen LogP) is 4.33. The van der Waals surface area contributed by atoms with Gasteiger partial charge in [0.15, 0.2) is 0 Å². The van der Waals surface area contributed by atoms with Crippen LogP contribution in [0.3, 0.4) is 0 Å². The second kappa shape index (κ2) is 8.54. The van der Waals surface area contributed by atoms with Gasteiger partial charge in [0.05, 0.1) is 46.4 Å². The van der Waals surface area contributed by atoms with Crippen LogP contribution in [0.15, 0.2) is 48.9 Å². The first-order valence-corrected chi connectivity index (χ1v) is 13.4. The van der Waals surface area contributed by atoms with Gasteiger partial charge >= 0.3 is 0 Å². The average molecular weight is 524 g/mol. The molecule has 184 valence electrons. The zero-order valence-corrected chi connectivity index (χ0v) is 21.1. The van der Waals surface area contributed by atoms with E-state index < -0.39 is 10.0 Å². The summed E-state index contributed by atoms with van der Waals surface area (Å²) >= 11 is 6.70. The summed E-state index contributed by atoms with van der Waals surface area (Å²) in [5.74, 6) is 2.02. The van der Waals surface area contributed by atoms with Crippen molar-refractivity contribution in [2.24, 2.45) is 0 Å². The molecule has 0 spiro atoms. The van der Waals surface area contributed by atoms with E-state index in [2.05, 4.69) is 20.1 Å². The largest absolute Gasteiger partial charge is 0.456 e. The lowest BCUT2D eigenvalue weighted by molar-refractivity contribution is 0.191. The molecule has 0 bridgehead atoms. The van der Waals surface area contributed by atoms with Gasteiger partial charge < -0.3 is 9.72 Å². The van der Waals surface area contributed by atoms with Crippen molar-refractivity contribution in [3.63, 3.8) is 0 Å². The molecule has 1 saturated heterocycles. The number of aromatic nitrogens is 6. The molecule has 0 atom stereocenters. The van der Waals surface area contributed by atoms with Crippen LogP contribution in [0.1, 0.15) is 18.8 Å². The van der Waals surface area contributed by atoms with Crippen LogP contribution in [0, 0.1) is 6.92 Å². The van der Waals surface area contributed by atoms with E-state index in [-0.39, 0.29) is 11.8 Å². The third kappa shape index (κ3) is 3.98. The molecule has 10 nitrogen and oxygen atoms in total. The number of aryl methyl sites for hydroxylation is 1. The molecule has 1 fully saturated rings. The lowest BCUT2D eigenvalue weighted by Crippen LogP contribution is -2.51. The van der Waals surface area contributed by atoms with Crippen LogP contribution < -0.4 is 4.74 Å². The van der Waals surface area contributed by atoms with E-state index in [1.807, 2.05) is 37.4 Å². The van der Waals surface area contributed by atoms with Gasteiger partial charge in [-0.15, -0.1) is 0 Å². The molecule has 3 aromatic heterocycles. The van der Waals surface area contributed by atoms with E-state index in [1.165, 1.54) is 4.31 Å². The minimum atomic E-state index is -3.18. The number of hydrogen-bond acceptors (Lipinski definition) is 7. The number of nitrogens with one attached hydrogen (secondary N) is 1. The Hall–Kier alpha value is -3.54. The molecule has 0 aliphatic carbocycles. The van der Waals surface area contributed by atoms with E-state index in [0.717, 1.165) is 22.4 Å². The summed E-state index contributed by atoms with van der Waals surface area (Å²) in [5.41, 5.74) is 4.28. The van der Waals surface area contributed by atoms with E-state index in [9.17, 15) is 8.42 Å². The molecule has 1 N–H and O–H groups in total. The molecular formula is C24H22ClN7O3S. The van der Waals surface area contributed by atoms with Crippen LogP contribution in [0.5, 0.6) is 11.5 Å². The van der Waals surface area contributed by atoms with Crippen molar-refractivity contribution in [2.45, 2.75) is 19.9 Å². The standard InChI is InChI=1S/C24H22ClN7O3S/c1-3-36(33,34)31-12-16(13-31)32-11-15(9-27-32)21-10-26-19-6-7-22(23(25)24(19)30-21)35-17-4-5-18-20(8-17)29-14(2)28-18/h4-11,16H,3,12-13H2,1-2H3,(H,28,29). The third-order valence-electron chi connectivity index (χ3n) is 6.28. The molecule has 5 aromatic rings. The van der Waals surface area contributed by atoms with Gasteiger partial charge in [0, 0.05) is 30.9 Å². The summed E-state index contributed by atoms with van der Waals surface area (Å²) in [6, 6.07) is 9.18. The Kier molecular flexibility index (Phi) is 5.43. The number of halogens is 1. The van der Waals surface area contributed by atoms with E-state index in [1.54, 1.807) is 30.1 Å². The number of aromatic amines is 1. The number of ether oxygens (including phenoxy) is 1. The number of benzene rings is 2. The highest BCUT2D eigenvalue weighted by Crippen LogP contribution is 2.36. The molecule has 6 rings (SSSR count). The fraction of sp³-hybridized carbons (Fsp3) is 0.250. The Morgan fingerprint density at radius 3 is 2.75 bits per heavy atom. The lowest BCUT2D eigenvalue weighted by Gasteiger charge is -2.37. The summed E-state index contributed by atoms with van der Waals surface area (Å²) < 4.78 is 33.3. The Morgan fingerprint density at radius 1 is 1.14 bits per heavy atom. The Morgan fingerprint density at radius 2 is 1.94 bits per heavy atom. The van der Waals surface area contributed by atoms with E-state index in [4.69, 9.17) is 21.3 Å². The van der Waals surface area contributed by atoms with Gasteiger partial charge in [0.1, 0.15) is 27.9 Å². The van der Waals surface area contributed by atoms with E-state index in [0.29, 0.717) is 46.3 Å². The molecule has 0 radical (unpaired) electrons. The fourth-order valence-electron chi connectivity index (χ4n) is 4.21. The van der Waals surface area contributed by atoms with Crippen LogP contribution in [0.25, 0.3) is 33.3 Å². The van der Waals surface area contributed by atoms with Crippen LogP contribution in [-0.4, -0.2) is 61.3 Å². The maximum atomic E-state index is 12.0. The molecule has 0 saturated carbocycles. The van der Waals surface area contributed by atoms with Crippen molar-refractivity contribution < 1.29 is 13.2 Å². The number of fused-ring (bicyclic) bond motifs is 2. The first-order valence-electron chi connectivity index (χ1n) is 11.4. The Balaban J connectivity index is 1.26. The van der Waals surface area contributed by atoms with Crippen molar-refractivity contribution in [3.8, 4) is 22.8 Å². The van der Waals surface area contributed by atoms with Gasteiger partial charge in [-0.2, -0.15) is 9.40 Å². The highest BCUT2D eigenvalue weighted by Gasteiger charge is 2.36. The van der Waals surface area contributed by atoms with Gasteiger partial charge in [0.25, 0.3) is 0 Å². The highest BCUT2D eigenvalue weighted by atomic mass is 35.5. The van der Waals surface area contributed by atoms with Crippen LogP contribution in [0.4, 0.5) is 0 Å². The number of rotatable bonds is 6. The van der Waals surface area contributed by atoms with Crippen molar-refractivity contribution >= 4 is 43.7 Å². The Labute approximate surface area is 212 Å².